The van der Waals surface area contributed by atoms with Gasteiger partial charge in [0.2, 0.25) is 0 Å². The standard InChI is InChI=1S/C13H14BrFN2OS/c14-10-2-1-9(7-11(10)15)16-12-17-13(8-19-12)3-5-18-6-4-13/h1-2,7H,3-6,8H2,(H,16,17). The van der Waals surface area contributed by atoms with E-state index in [0.717, 1.165) is 42.7 Å². The summed E-state index contributed by atoms with van der Waals surface area (Å²) < 4.78 is 19.3. The van der Waals surface area contributed by atoms with Crippen molar-refractivity contribution in [3.63, 3.8) is 0 Å². The van der Waals surface area contributed by atoms with Crippen LogP contribution < -0.4 is 5.32 Å². The number of amidine groups is 1. The Hall–Kier alpha value is -0.590. The fraction of sp³-hybridized carbons (Fsp3) is 0.462. The molecule has 1 aromatic rings. The summed E-state index contributed by atoms with van der Waals surface area (Å²) in [4.78, 5) is 4.78. The average Bonchev–Trinajstić information content (AvgIpc) is 2.78. The minimum atomic E-state index is -0.269. The Balaban J connectivity index is 1.73. The van der Waals surface area contributed by atoms with E-state index in [1.165, 1.54) is 6.07 Å². The van der Waals surface area contributed by atoms with Gasteiger partial charge in [0, 0.05) is 24.7 Å². The van der Waals surface area contributed by atoms with Gasteiger partial charge in [-0.15, -0.1) is 0 Å². The van der Waals surface area contributed by atoms with Crippen molar-refractivity contribution < 1.29 is 9.13 Å². The van der Waals surface area contributed by atoms with Crippen LogP contribution in [0.2, 0.25) is 0 Å². The van der Waals surface area contributed by atoms with Crippen LogP contribution in [0.1, 0.15) is 12.8 Å². The fourth-order valence-corrected chi connectivity index (χ4v) is 3.71. The maximum Gasteiger partial charge on any atom is 0.161 e. The van der Waals surface area contributed by atoms with E-state index in [2.05, 4.69) is 21.2 Å². The number of thioether (sulfide) groups is 1. The highest BCUT2D eigenvalue weighted by Crippen LogP contribution is 2.36. The van der Waals surface area contributed by atoms with E-state index in [4.69, 9.17) is 9.73 Å². The van der Waals surface area contributed by atoms with Crippen LogP contribution in [0.3, 0.4) is 0 Å². The van der Waals surface area contributed by atoms with Gasteiger partial charge in [-0.2, -0.15) is 0 Å². The van der Waals surface area contributed by atoms with E-state index in [9.17, 15) is 4.39 Å². The molecule has 1 N–H and O–H groups in total. The van der Waals surface area contributed by atoms with Crippen molar-refractivity contribution in [2.45, 2.75) is 18.4 Å². The van der Waals surface area contributed by atoms with Crippen molar-refractivity contribution >= 4 is 38.5 Å². The van der Waals surface area contributed by atoms with Crippen molar-refractivity contribution in [2.24, 2.45) is 4.99 Å². The molecule has 0 aliphatic carbocycles. The van der Waals surface area contributed by atoms with Crippen LogP contribution in [0.4, 0.5) is 10.1 Å². The molecule has 0 atom stereocenters. The second kappa shape index (κ2) is 5.42. The third-order valence-corrected chi connectivity index (χ3v) is 5.20. The van der Waals surface area contributed by atoms with Crippen molar-refractivity contribution in [2.75, 3.05) is 24.3 Å². The van der Waals surface area contributed by atoms with Gasteiger partial charge in [0.15, 0.2) is 5.17 Å². The topological polar surface area (TPSA) is 33.6 Å². The first-order valence-electron chi connectivity index (χ1n) is 6.19. The number of anilines is 1. The van der Waals surface area contributed by atoms with Gasteiger partial charge < -0.3 is 10.1 Å². The number of nitrogens with zero attached hydrogens (tertiary/aromatic N) is 1. The molecule has 1 saturated heterocycles. The van der Waals surface area contributed by atoms with Gasteiger partial charge in [-0.05, 0) is 47.0 Å². The SMILES string of the molecule is Fc1cc(NC2=NC3(CCOCC3)CS2)ccc1Br. The Morgan fingerprint density at radius 3 is 2.89 bits per heavy atom. The van der Waals surface area contributed by atoms with Gasteiger partial charge >= 0.3 is 0 Å². The monoisotopic (exact) mass is 344 g/mol. The van der Waals surface area contributed by atoms with Crippen LogP contribution >= 0.6 is 27.7 Å². The summed E-state index contributed by atoms with van der Waals surface area (Å²) in [6.07, 6.45) is 1.94. The summed E-state index contributed by atoms with van der Waals surface area (Å²) in [5.74, 6) is 0.715. The zero-order chi connectivity index (χ0) is 13.3. The third-order valence-electron chi connectivity index (χ3n) is 3.41. The van der Waals surface area contributed by atoms with E-state index in [1.807, 2.05) is 6.07 Å². The highest BCUT2D eigenvalue weighted by atomic mass is 79.9. The second-order valence-electron chi connectivity index (χ2n) is 4.80. The molecule has 0 radical (unpaired) electrons. The minimum Gasteiger partial charge on any atom is -0.381 e. The molecule has 1 fully saturated rings. The van der Waals surface area contributed by atoms with Crippen LogP contribution in [0.25, 0.3) is 0 Å². The first kappa shape index (κ1) is 13.4. The number of benzene rings is 1. The Labute approximate surface area is 124 Å². The van der Waals surface area contributed by atoms with Gasteiger partial charge in [0.25, 0.3) is 0 Å². The van der Waals surface area contributed by atoms with Crippen LogP contribution in [-0.2, 0) is 4.74 Å². The lowest BCUT2D eigenvalue weighted by atomic mass is 9.93. The van der Waals surface area contributed by atoms with Gasteiger partial charge in [-0.1, -0.05) is 11.8 Å². The van der Waals surface area contributed by atoms with Crippen LogP contribution in [-0.4, -0.2) is 29.7 Å². The number of nitrogens with one attached hydrogen (secondary N) is 1. The molecule has 19 heavy (non-hydrogen) atoms. The predicted octanol–water partition coefficient (Wildman–Crippen LogP) is 3.65. The van der Waals surface area contributed by atoms with Gasteiger partial charge in [0.1, 0.15) is 5.82 Å². The molecule has 102 valence electrons. The summed E-state index contributed by atoms with van der Waals surface area (Å²) in [7, 11) is 0. The van der Waals surface area contributed by atoms with Crippen molar-refractivity contribution in [1.82, 2.24) is 0 Å². The largest absolute Gasteiger partial charge is 0.381 e. The zero-order valence-electron chi connectivity index (χ0n) is 10.3. The van der Waals surface area contributed by atoms with Crippen LogP contribution in [0.15, 0.2) is 27.7 Å². The molecule has 0 saturated carbocycles. The molecule has 6 heteroatoms. The Morgan fingerprint density at radius 2 is 2.16 bits per heavy atom. The van der Waals surface area contributed by atoms with E-state index >= 15 is 0 Å². The molecule has 1 spiro atoms. The Morgan fingerprint density at radius 1 is 1.37 bits per heavy atom. The molecule has 2 aliphatic rings. The molecule has 2 heterocycles. The van der Waals surface area contributed by atoms with Crippen molar-refractivity contribution in [1.29, 1.82) is 0 Å². The molecule has 0 bridgehead atoms. The molecule has 2 aliphatic heterocycles. The van der Waals surface area contributed by atoms with Crippen molar-refractivity contribution in [3.8, 4) is 0 Å². The fourth-order valence-electron chi connectivity index (χ4n) is 2.25. The molecule has 0 amide bonds. The summed E-state index contributed by atoms with van der Waals surface area (Å²) in [6, 6.07) is 5.01. The quantitative estimate of drug-likeness (QED) is 0.844. The van der Waals surface area contributed by atoms with Gasteiger partial charge in [0.05, 0.1) is 10.0 Å². The number of aliphatic imine (C=N–C) groups is 1. The number of ether oxygens (including phenoxy) is 1. The van der Waals surface area contributed by atoms with E-state index < -0.39 is 0 Å². The van der Waals surface area contributed by atoms with Gasteiger partial charge in [-0.3, -0.25) is 4.99 Å². The highest BCUT2D eigenvalue weighted by molar-refractivity contribution is 9.10. The lowest BCUT2D eigenvalue weighted by molar-refractivity contribution is 0.0624. The number of rotatable bonds is 1. The number of hydrogen-bond acceptors (Lipinski definition) is 4. The first-order chi connectivity index (χ1) is 9.17. The maximum absolute atomic E-state index is 13.5. The van der Waals surface area contributed by atoms with Gasteiger partial charge in [-0.25, -0.2) is 4.39 Å². The Bertz CT molecular complexity index is 517. The van der Waals surface area contributed by atoms with Crippen molar-refractivity contribution in [3.05, 3.63) is 28.5 Å². The average molecular weight is 345 g/mol. The summed E-state index contributed by atoms with van der Waals surface area (Å²) in [6.45, 7) is 1.56. The molecule has 1 aromatic carbocycles. The Kier molecular flexibility index (Phi) is 3.82. The molecular formula is C13H14BrFN2OS. The molecular weight excluding hydrogens is 331 g/mol. The summed E-state index contributed by atoms with van der Waals surface area (Å²) in [5, 5.41) is 4.07. The lowest BCUT2D eigenvalue weighted by Crippen LogP contribution is -2.34. The van der Waals surface area contributed by atoms with Crippen LogP contribution in [0, 0.1) is 5.82 Å². The number of halogens is 2. The first-order valence-corrected chi connectivity index (χ1v) is 7.97. The highest BCUT2D eigenvalue weighted by Gasteiger charge is 2.37. The summed E-state index contributed by atoms with van der Waals surface area (Å²) >= 11 is 4.85. The normalized spacial score (nSPS) is 21.5. The zero-order valence-corrected chi connectivity index (χ0v) is 12.7. The smallest absolute Gasteiger partial charge is 0.161 e. The minimum absolute atomic E-state index is 0.0269. The lowest BCUT2D eigenvalue weighted by Gasteiger charge is -2.29. The summed E-state index contributed by atoms with van der Waals surface area (Å²) in [5.41, 5.74) is 0.759. The molecule has 0 aromatic heterocycles. The van der Waals surface area contributed by atoms with E-state index in [0.29, 0.717) is 4.47 Å². The molecule has 3 rings (SSSR count). The predicted molar refractivity (Wildman–Crippen MR) is 80.4 cm³/mol. The second-order valence-corrected chi connectivity index (χ2v) is 6.61. The maximum atomic E-state index is 13.5. The molecule has 0 unspecified atom stereocenters. The van der Waals surface area contributed by atoms with Crippen LogP contribution in [0.5, 0.6) is 0 Å². The van der Waals surface area contributed by atoms with E-state index in [1.54, 1.807) is 17.8 Å². The van der Waals surface area contributed by atoms with E-state index in [-0.39, 0.29) is 11.4 Å². The molecule has 3 nitrogen and oxygen atoms in total. The third kappa shape index (κ3) is 2.95. The number of hydrogen-bond donors (Lipinski definition) is 1.